The van der Waals surface area contributed by atoms with Gasteiger partial charge in [0.25, 0.3) is 0 Å². The van der Waals surface area contributed by atoms with Gasteiger partial charge in [-0.25, -0.2) is 27.9 Å². The van der Waals surface area contributed by atoms with E-state index in [1.54, 1.807) is 5.48 Å². The average Bonchev–Trinajstić information content (AvgIpc) is 3.13. The molecule has 0 radical (unpaired) electrons. The van der Waals surface area contributed by atoms with Gasteiger partial charge in [0.1, 0.15) is 11.3 Å². The smallest absolute Gasteiger partial charge is 0.404 e. The third-order valence-corrected chi connectivity index (χ3v) is 4.15. The zero-order chi connectivity index (χ0) is 21.8. The Labute approximate surface area is 171 Å². The van der Waals surface area contributed by atoms with Crippen molar-refractivity contribution in [2.75, 3.05) is 18.4 Å². The van der Waals surface area contributed by atoms with Gasteiger partial charge in [0.15, 0.2) is 17.5 Å². The Balaban J connectivity index is 2.00. The van der Waals surface area contributed by atoms with E-state index in [0.717, 1.165) is 12.1 Å². The number of fused-ring (bicyclic) bond motifs is 1. The molecular formula is C17H14ClF3N6O3. The minimum Gasteiger partial charge on any atom is -0.465 e. The Morgan fingerprint density at radius 3 is 2.63 bits per heavy atom. The molecule has 0 unspecified atom stereocenters. The highest BCUT2D eigenvalue weighted by Gasteiger charge is 2.20. The van der Waals surface area contributed by atoms with Crippen LogP contribution in [0.4, 0.5) is 29.6 Å². The van der Waals surface area contributed by atoms with E-state index in [-0.39, 0.29) is 52.2 Å². The highest BCUT2D eigenvalue weighted by atomic mass is 35.5. The van der Waals surface area contributed by atoms with Crippen LogP contribution in [0.5, 0.6) is 0 Å². The van der Waals surface area contributed by atoms with Crippen LogP contribution in [0, 0.1) is 17.5 Å². The Hall–Kier alpha value is -3.51. The molecule has 3 aromatic rings. The van der Waals surface area contributed by atoms with Crippen molar-refractivity contribution in [3.63, 3.8) is 0 Å². The van der Waals surface area contributed by atoms with Gasteiger partial charge in [0.2, 0.25) is 5.95 Å². The summed E-state index contributed by atoms with van der Waals surface area (Å²) in [4.78, 5) is 21.1. The predicted molar refractivity (Wildman–Crippen MR) is 103 cm³/mol. The van der Waals surface area contributed by atoms with Crippen LogP contribution < -0.4 is 16.1 Å². The van der Waals surface area contributed by atoms with Gasteiger partial charge in [-0.2, -0.15) is 0 Å². The van der Waals surface area contributed by atoms with Crippen LogP contribution in [-0.4, -0.2) is 45.3 Å². The maximum Gasteiger partial charge on any atom is 0.404 e. The van der Waals surface area contributed by atoms with E-state index in [2.05, 4.69) is 25.6 Å². The Bertz CT molecular complexity index is 1140. The molecule has 3 rings (SSSR count). The van der Waals surface area contributed by atoms with Crippen molar-refractivity contribution < 1.29 is 28.3 Å². The van der Waals surface area contributed by atoms with Crippen LogP contribution in [-0.2, 0) is 0 Å². The summed E-state index contributed by atoms with van der Waals surface area (Å²) in [6.07, 6.45) is -1.22. The average molecular weight is 443 g/mol. The van der Waals surface area contributed by atoms with Crippen molar-refractivity contribution in [1.29, 1.82) is 0 Å². The molecule has 9 nitrogen and oxygen atoms in total. The SMILES string of the molecule is O=C(O)NCCNc1nc2c(F)c(F)cc(C(=Nc3ccc(F)c(Cl)c3)NO)c2[nH]1. The van der Waals surface area contributed by atoms with Gasteiger partial charge in [-0.1, -0.05) is 11.6 Å². The zero-order valence-corrected chi connectivity index (χ0v) is 15.7. The number of benzene rings is 2. The van der Waals surface area contributed by atoms with Gasteiger partial charge < -0.3 is 20.7 Å². The van der Waals surface area contributed by atoms with Gasteiger partial charge in [-0.15, -0.1) is 0 Å². The summed E-state index contributed by atoms with van der Waals surface area (Å²) < 4.78 is 41.7. The fourth-order valence-electron chi connectivity index (χ4n) is 2.55. The molecule has 0 aliphatic heterocycles. The number of hydrogen-bond acceptors (Lipinski definition) is 5. The summed E-state index contributed by atoms with van der Waals surface area (Å²) in [6, 6.07) is 4.30. The minimum atomic E-state index is -1.25. The molecule has 0 fully saturated rings. The molecule has 0 atom stereocenters. The van der Waals surface area contributed by atoms with E-state index in [1.165, 1.54) is 12.1 Å². The van der Waals surface area contributed by atoms with Crippen molar-refractivity contribution in [3.05, 3.63) is 52.3 Å². The van der Waals surface area contributed by atoms with Crippen molar-refractivity contribution in [1.82, 2.24) is 20.8 Å². The molecule has 6 N–H and O–H groups in total. The largest absolute Gasteiger partial charge is 0.465 e. The van der Waals surface area contributed by atoms with Crippen molar-refractivity contribution in [2.45, 2.75) is 0 Å². The maximum atomic E-state index is 14.2. The van der Waals surface area contributed by atoms with Gasteiger partial charge >= 0.3 is 6.09 Å². The second-order valence-electron chi connectivity index (χ2n) is 5.86. The lowest BCUT2D eigenvalue weighted by molar-refractivity contribution is 0.195. The fourth-order valence-corrected chi connectivity index (χ4v) is 2.73. The highest BCUT2D eigenvalue weighted by Crippen LogP contribution is 2.27. The van der Waals surface area contributed by atoms with Crippen LogP contribution in [0.15, 0.2) is 29.3 Å². The Kier molecular flexibility index (Phi) is 6.28. The molecule has 158 valence electrons. The number of hydrogen-bond donors (Lipinski definition) is 6. The van der Waals surface area contributed by atoms with Gasteiger partial charge in [-0.05, 0) is 24.3 Å². The number of H-pyrrole nitrogens is 1. The first-order valence-corrected chi connectivity index (χ1v) is 8.70. The second kappa shape index (κ2) is 8.88. The quantitative estimate of drug-likeness (QED) is 0.150. The molecule has 0 saturated carbocycles. The van der Waals surface area contributed by atoms with Crippen LogP contribution in [0.2, 0.25) is 5.02 Å². The number of amidine groups is 1. The first-order chi connectivity index (χ1) is 14.3. The maximum absolute atomic E-state index is 14.2. The van der Waals surface area contributed by atoms with E-state index >= 15 is 0 Å². The molecule has 1 amide bonds. The van der Waals surface area contributed by atoms with Gasteiger partial charge in [0, 0.05) is 18.7 Å². The van der Waals surface area contributed by atoms with Crippen LogP contribution in [0.1, 0.15) is 5.56 Å². The monoisotopic (exact) mass is 442 g/mol. The number of hydroxylamine groups is 1. The summed E-state index contributed by atoms with van der Waals surface area (Å²) in [5.41, 5.74) is 1.47. The number of amides is 1. The van der Waals surface area contributed by atoms with E-state index in [4.69, 9.17) is 16.7 Å². The van der Waals surface area contributed by atoms with Gasteiger partial charge in [-0.3, -0.25) is 10.7 Å². The number of aromatic amines is 1. The molecule has 13 heteroatoms. The standard InChI is InChI=1S/C17H14ClF3N6O3/c18-9-5-7(1-2-10(9)19)24-15(27-30)8-6-11(20)12(21)14-13(8)25-16(26-14)22-3-4-23-17(28)29/h1-2,5-6,23,30H,3-4H2,(H,24,27)(H,28,29)(H2,22,25,26). The van der Waals surface area contributed by atoms with Crippen molar-refractivity contribution >= 4 is 46.2 Å². The molecule has 1 aromatic heterocycles. The molecule has 0 saturated heterocycles. The first kappa shape index (κ1) is 21.2. The topological polar surface area (TPSA) is 135 Å². The van der Waals surface area contributed by atoms with E-state index < -0.39 is 23.5 Å². The number of aliphatic imine (C=N–C) groups is 1. The van der Waals surface area contributed by atoms with Crippen LogP contribution >= 0.6 is 11.6 Å². The summed E-state index contributed by atoms with van der Waals surface area (Å²) in [5.74, 6) is -3.41. The second-order valence-corrected chi connectivity index (χ2v) is 6.27. The molecule has 30 heavy (non-hydrogen) atoms. The zero-order valence-electron chi connectivity index (χ0n) is 14.9. The van der Waals surface area contributed by atoms with Crippen LogP contribution in [0.25, 0.3) is 11.0 Å². The summed E-state index contributed by atoms with van der Waals surface area (Å²) in [7, 11) is 0. The molecule has 0 bridgehead atoms. The third-order valence-electron chi connectivity index (χ3n) is 3.86. The number of anilines is 1. The predicted octanol–water partition coefficient (Wildman–Crippen LogP) is 3.37. The first-order valence-electron chi connectivity index (χ1n) is 8.32. The molecule has 2 aromatic carbocycles. The fraction of sp³-hybridized carbons (Fsp3) is 0.118. The molecular weight excluding hydrogens is 429 g/mol. The lowest BCUT2D eigenvalue weighted by atomic mass is 10.1. The lowest BCUT2D eigenvalue weighted by Crippen LogP contribution is -2.27. The summed E-state index contributed by atoms with van der Waals surface area (Å²) in [6.45, 7) is 0.144. The summed E-state index contributed by atoms with van der Waals surface area (Å²) in [5, 5.41) is 22.7. The van der Waals surface area contributed by atoms with Crippen molar-refractivity contribution in [3.8, 4) is 0 Å². The molecule has 0 aliphatic rings. The molecule has 0 spiro atoms. The van der Waals surface area contributed by atoms with Gasteiger partial charge in [0.05, 0.1) is 16.2 Å². The van der Waals surface area contributed by atoms with Crippen molar-refractivity contribution in [2.24, 2.45) is 4.99 Å². The number of rotatable bonds is 6. The molecule has 0 aliphatic carbocycles. The third kappa shape index (κ3) is 4.55. The lowest BCUT2D eigenvalue weighted by Gasteiger charge is -2.08. The van der Waals surface area contributed by atoms with E-state index in [1.807, 2.05) is 0 Å². The Morgan fingerprint density at radius 2 is 1.97 bits per heavy atom. The number of aromatic nitrogens is 2. The number of imidazole rings is 1. The number of carbonyl (C=O) groups is 1. The number of nitrogens with zero attached hydrogens (tertiary/aromatic N) is 2. The highest BCUT2D eigenvalue weighted by molar-refractivity contribution is 6.31. The number of halogens is 4. The summed E-state index contributed by atoms with van der Waals surface area (Å²) >= 11 is 5.71. The molecule has 1 heterocycles. The van der Waals surface area contributed by atoms with E-state index in [9.17, 15) is 23.2 Å². The number of carboxylic acid groups (broad SMARTS) is 1. The van der Waals surface area contributed by atoms with Crippen LogP contribution in [0.3, 0.4) is 0 Å². The Morgan fingerprint density at radius 1 is 1.20 bits per heavy atom. The number of nitrogens with one attached hydrogen (secondary N) is 4. The minimum absolute atomic E-state index is 0.00361. The normalized spacial score (nSPS) is 11.6. The van der Waals surface area contributed by atoms with E-state index in [0.29, 0.717) is 0 Å².